The van der Waals surface area contributed by atoms with Crippen LogP contribution in [-0.4, -0.2) is 37.0 Å². The van der Waals surface area contributed by atoms with Crippen molar-refractivity contribution in [2.45, 2.75) is 51.8 Å². The Hall–Kier alpha value is -0.840. The van der Waals surface area contributed by atoms with E-state index in [4.69, 9.17) is 9.47 Å². The minimum atomic E-state index is 0.347. The van der Waals surface area contributed by atoms with Crippen molar-refractivity contribution in [1.29, 1.82) is 0 Å². The maximum absolute atomic E-state index is 5.65. The Morgan fingerprint density at radius 1 is 1.50 bits per heavy atom. The summed E-state index contributed by atoms with van der Waals surface area (Å²) in [5.41, 5.74) is 1.37. The number of aromatic nitrogens is 1. The Labute approximate surface area is 122 Å². The fourth-order valence-electron chi connectivity index (χ4n) is 2.58. The van der Waals surface area contributed by atoms with E-state index >= 15 is 0 Å². The van der Waals surface area contributed by atoms with E-state index in [9.17, 15) is 0 Å². The Morgan fingerprint density at radius 2 is 2.45 bits per heavy atom. The number of rotatable bonds is 10. The summed E-state index contributed by atoms with van der Waals surface area (Å²) in [4.78, 5) is 0. The number of hydrogen-bond donors (Lipinski definition) is 1. The van der Waals surface area contributed by atoms with Crippen LogP contribution in [0.25, 0.3) is 0 Å². The predicted octanol–water partition coefficient (Wildman–Crippen LogP) is 2.57. The van der Waals surface area contributed by atoms with Crippen LogP contribution in [0.15, 0.2) is 18.3 Å². The van der Waals surface area contributed by atoms with Gasteiger partial charge in [-0.2, -0.15) is 0 Å². The van der Waals surface area contributed by atoms with Crippen molar-refractivity contribution < 1.29 is 9.47 Å². The van der Waals surface area contributed by atoms with Crippen molar-refractivity contribution in [3.8, 4) is 0 Å². The molecule has 0 amide bonds. The van der Waals surface area contributed by atoms with Crippen LogP contribution in [0.2, 0.25) is 0 Å². The number of ether oxygens (including phenoxy) is 2. The van der Waals surface area contributed by atoms with E-state index in [1.165, 1.54) is 18.5 Å². The molecule has 2 heterocycles. The Balaban J connectivity index is 1.47. The van der Waals surface area contributed by atoms with Gasteiger partial charge in [-0.05, 0) is 44.4 Å². The lowest BCUT2D eigenvalue weighted by molar-refractivity contribution is 0.0166. The van der Waals surface area contributed by atoms with Crippen molar-refractivity contribution >= 4 is 0 Å². The van der Waals surface area contributed by atoms with Gasteiger partial charge in [-0.15, -0.1) is 0 Å². The molecule has 0 aliphatic carbocycles. The van der Waals surface area contributed by atoms with E-state index in [0.717, 1.165) is 52.3 Å². The number of hydrogen-bond acceptors (Lipinski definition) is 3. The molecule has 1 N–H and O–H groups in total. The molecule has 0 bridgehead atoms. The molecular weight excluding hydrogens is 252 g/mol. The quantitative estimate of drug-likeness (QED) is 0.669. The third kappa shape index (κ3) is 5.27. The van der Waals surface area contributed by atoms with Gasteiger partial charge in [0.1, 0.15) is 0 Å². The predicted molar refractivity (Wildman–Crippen MR) is 80.8 cm³/mol. The first-order chi connectivity index (χ1) is 9.90. The van der Waals surface area contributed by atoms with Crippen molar-refractivity contribution in [1.82, 2.24) is 9.88 Å². The van der Waals surface area contributed by atoms with Crippen LogP contribution in [0, 0.1) is 0 Å². The second-order valence-corrected chi connectivity index (χ2v) is 5.43. The van der Waals surface area contributed by atoms with E-state index in [1.54, 1.807) is 0 Å². The molecule has 1 fully saturated rings. The molecule has 20 heavy (non-hydrogen) atoms. The molecule has 0 radical (unpaired) electrons. The van der Waals surface area contributed by atoms with Gasteiger partial charge in [0.15, 0.2) is 0 Å². The lowest BCUT2D eigenvalue weighted by Crippen LogP contribution is -2.20. The van der Waals surface area contributed by atoms with Crippen LogP contribution in [0.5, 0.6) is 0 Å². The third-order valence-electron chi connectivity index (χ3n) is 3.66. The molecule has 2 rings (SSSR count). The molecule has 1 aromatic rings. The van der Waals surface area contributed by atoms with Crippen molar-refractivity contribution in [3.63, 3.8) is 0 Å². The first kappa shape index (κ1) is 15.5. The van der Waals surface area contributed by atoms with Crippen LogP contribution >= 0.6 is 0 Å². The molecule has 4 heteroatoms. The monoisotopic (exact) mass is 280 g/mol. The van der Waals surface area contributed by atoms with Crippen LogP contribution in [-0.2, 0) is 22.6 Å². The topological polar surface area (TPSA) is 35.4 Å². The molecule has 1 saturated heterocycles. The van der Waals surface area contributed by atoms with Crippen molar-refractivity contribution in [2.24, 2.45) is 0 Å². The average molecular weight is 280 g/mol. The van der Waals surface area contributed by atoms with E-state index in [0.29, 0.717) is 6.10 Å². The van der Waals surface area contributed by atoms with Gasteiger partial charge in [0.25, 0.3) is 0 Å². The molecule has 4 nitrogen and oxygen atoms in total. The molecule has 1 aliphatic heterocycles. The molecule has 0 aromatic carbocycles. The summed E-state index contributed by atoms with van der Waals surface area (Å²) < 4.78 is 13.5. The van der Waals surface area contributed by atoms with E-state index in [1.807, 2.05) is 0 Å². The summed E-state index contributed by atoms with van der Waals surface area (Å²) in [5.74, 6) is 0. The number of nitrogens with zero attached hydrogens (tertiary/aromatic N) is 1. The SMILES string of the molecule is CCCn1cccc1CNCCCOCC1CCCO1. The van der Waals surface area contributed by atoms with Gasteiger partial charge >= 0.3 is 0 Å². The smallest absolute Gasteiger partial charge is 0.0809 e. The number of nitrogens with one attached hydrogen (secondary N) is 1. The van der Waals surface area contributed by atoms with Crippen LogP contribution in [0.3, 0.4) is 0 Å². The molecule has 1 aromatic heterocycles. The zero-order chi connectivity index (χ0) is 14.0. The maximum atomic E-state index is 5.65. The van der Waals surface area contributed by atoms with Crippen LogP contribution in [0.4, 0.5) is 0 Å². The van der Waals surface area contributed by atoms with Crippen LogP contribution in [0.1, 0.15) is 38.3 Å². The van der Waals surface area contributed by atoms with Crippen molar-refractivity contribution in [2.75, 3.05) is 26.4 Å². The standard InChI is InChI=1S/C16H28N2O2/c1-2-9-18-10-3-6-15(18)13-17-8-5-11-19-14-16-7-4-12-20-16/h3,6,10,16-17H,2,4-5,7-9,11-14H2,1H3. The van der Waals surface area contributed by atoms with Gasteiger partial charge in [0.2, 0.25) is 0 Å². The second-order valence-electron chi connectivity index (χ2n) is 5.43. The average Bonchev–Trinajstić information content (AvgIpc) is 3.10. The minimum Gasteiger partial charge on any atom is -0.379 e. The van der Waals surface area contributed by atoms with E-state index < -0.39 is 0 Å². The zero-order valence-electron chi connectivity index (χ0n) is 12.6. The van der Waals surface area contributed by atoms with Gasteiger partial charge in [-0.3, -0.25) is 0 Å². The molecule has 1 aliphatic rings. The summed E-state index contributed by atoms with van der Waals surface area (Å²) in [7, 11) is 0. The molecule has 1 atom stereocenters. The van der Waals surface area contributed by atoms with E-state index in [-0.39, 0.29) is 0 Å². The van der Waals surface area contributed by atoms with E-state index in [2.05, 4.69) is 35.1 Å². The highest BCUT2D eigenvalue weighted by Crippen LogP contribution is 2.11. The summed E-state index contributed by atoms with van der Waals surface area (Å²) in [6, 6.07) is 4.31. The van der Waals surface area contributed by atoms with Gasteiger partial charge in [0, 0.05) is 38.2 Å². The fraction of sp³-hybridized carbons (Fsp3) is 0.750. The number of aryl methyl sites for hydroxylation is 1. The Kier molecular flexibility index (Phi) is 7.12. The third-order valence-corrected chi connectivity index (χ3v) is 3.66. The molecule has 114 valence electrons. The summed E-state index contributed by atoms with van der Waals surface area (Å²) in [6.45, 7) is 7.76. The summed E-state index contributed by atoms with van der Waals surface area (Å²) >= 11 is 0. The molecule has 0 saturated carbocycles. The van der Waals surface area contributed by atoms with Crippen molar-refractivity contribution in [3.05, 3.63) is 24.0 Å². The fourth-order valence-corrected chi connectivity index (χ4v) is 2.58. The largest absolute Gasteiger partial charge is 0.379 e. The lowest BCUT2D eigenvalue weighted by Gasteiger charge is -2.11. The molecule has 1 unspecified atom stereocenters. The Morgan fingerprint density at radius 3 is 3.25 bits per heavy atom. The highest BCUT2D eigenvalue weighted by Gasteiger charge is 2.14. The second kappa shape index (κ2) is 9.16. The first-order valence-corrected chi connectivity index (χ1v) is 7.94. The van der Waals surface area contributed by atoms with Gasteiger partial charge in [-0.1, -0.05) is 6.92 Å². The molecular formula is C16H28N2O2. The van der Waals surface area contributed by atoms with Gasteiger partial charge in [-0.25, -0.2) is 0 Å². The summed E-state index contributed by atoms with van der Waals surface area (Å²) in [5, 5.41) is 3.48. The zero-order valence-corrected chi connectivity index (χ0v) is 12.6. The van der Waals surface area contributed by atoms with Crippen LogP contribution < -0.4 is 5.32 Å². The maximum Gasteiger partial charge on any atom is 0.0809 e. The normalized spacial score (nSPS) is 18.8. The highest BCUT2D eigenvalue weighted by molar-refractivity contribution is 5.06. The molecule has 0 spiro atoms. The first-order valence-electron chi connectivity index (χ1n) is 7.94. The highest BCUT2D eigenvalue weighted by atomic mass is 16.5. The Bertz CT molecular complexity index is 359. The van der Waals surface area contributed by atoms with Gasteiger partial charge < -0.3 is 19.4 Å². The lowest BCUT2D eigenvalue weighted by atomic mass is 10.2. The van der Waals surface area contributed by atoms with Gasteiger partial charge in [0.05, 0.1) is 12.7 Å². The summed E-state index contributed by atoms with van der Waals surface area (Å²) in [6.07, 6.45) is 7.09. The minimum absolute atomic E-state index is 0.347.